The first-order chi connectivity index (χ1) is 14.4. The lowest BCUT2D eigenvalue weighted by atomic mass is 10.1. The molecule has 0 N–H and O–H groups in total. The highest BCUT2D eigenvalue weighted by Crippen LogP contribution is 2.34. The predicted molar refractivity (Wildman–Crippen MR) is 106 cm³/mol. The van der Waals surface area contributed by atoms with E-state index in [2.05, 4.69) is 4.98 Å². The third-order valence-electron chi connectivity index (χ3n) is 4.61. The number of aromatic nitrogens is 1. The monoisotopic (exact) mass is 459 g/mol. The summed E-state index contributed by atoms with van der Waals surface area (Å²) in [6.45, 7) is 4.33. The quantitative estimate of drug-likeness (QED) is 0.606. The molecule has 0 bridgehead atoms. The summed E-state index contributed by atoms with van der Waals surface area (Å²) in [6, 6.07) is 3.50. The number of pyridine rings is 1. The van der Waals surface area contributed by atoms with Crippen LogP contribution in [0.15, 0.2) is 30.3 Å². The van der Waals surface area contributed by atoms with Crippen molar-refractivity contribution in [3.05, 3.63) is 52.4 Å². The molecule has 1 aliphatic heterocycles. The van der Waals surface area contributed by atoms with Gasteiger partial charge in [-0.25, -0.2) is 19.1 Å². The molecule has 2 amide bonds. The standard InChI is InChI=1S/C20H18ClF4N3O3/c1-10(2)27(13-4-5-15(22)14(21)8-13)18(29)16-9-31-19(30)28(16)17-7-12(20(23,24)25)6-11(3)26-17/h4-8,10,16H,9H2,1-3H3. The molecule has 2 aromatic rings. The molecule has 0 spiro atoms. The Bertz CT molecular complexity index is 1030. The molecule has 3 rings (SSSR count). The normalized spacial score (nSPS) is 16.6. The van der Waals surface area contributed by atoms with E-state index in [1.54, 1.807) is 13.8 Å². The molecule has 0 saturated carbocycles. The number of anilines is 2. The van der Waals surface area contributed by atoms with Gasteiger partial charge < -0.3 is 9.64 Å². The van der Waals surface area contributed by atoms with Crippen molar-refractivity contribution in [1.82, 2.24) is 4.98 Å². The van der Waals surface area contributed by atoms with Crippen LogP contribution < -0.4 is 9.80 Å². The highest BCUT2D eigenvalue weighted by Gasteiger charge is 2.44. The number of carbonyl (C=O) groups is 2. The number of hydrogen-bond donors (Lipinski definition) is 0. The third kappa shape index (κ3) is 4.58. The van der Waals surface area contributed by atoms with Gasteiger partial charge in [0.15, 0.2) is 6.04 Å². The zero-order chi connectivity index (χ0) is 23.1. The number of nitrogens with zero attached hydrogens (tertiary/aromatic N) is 3. The van der Waals surface area contributed by atoms with Crippen LogP contribution in [0.3, 0.4) is 0 Å². The molecular formula is C20H18ClF4N3O3. The van der Waals surface area contributed by atoms with Crippen molar-refractivity contribution in [3.8, 4) is 0 Å². The SMILES string of the molecule is Cc1cc(C(F)(F)F)cc(N2C(=O)OCC2C(=O)N(c2ccc(F)c(Cl)c2)C(C)C)n1. The van der Waals surface area contributed by atoms with Crippen molar-refractivity contribution in [2.24, 2.45) is 0 Å². The van der Waals surface area contributed by atoms with E-state index in [9.17, 15) is 27.2 Å². The van der Waals surface area contributed by atoms with Crippen LogP contribution in [0.2, 0.25) is 5.02 Å². The molecule has 1 aromatic heterocycles. The molecule has 166 valence electrons. The number of ether oxygens (including phenoxy) is 1. The first-order valence-electron chi connectivity index (χ1n) is 9.20. The minimum atomic E-state index is -4.67. The lowest BCUT2D eigenvalue weighted by Crippen LogP contribution is -2.50. The van der Waals surface area contributed by atoms with Gasteiger partial charge in [0, 0.05) is 17.4 Å². The van der Waals surface area contributed by atoms with Crippen molar-refractivity contribution < 1.29 is 31.9 Å². The van der Waals surface area contributed by atoms with Gasteiger partial charge in [0.2, 0.25) is 0 Å². The lowest BCUT2D eigenvalue weighted by molar-refractivity contribution is -0.137. The number of hydrogen-bond acceptors (Lipinski definition) is 4. The molecule has 0 aliphatic carbocycles. The van der Waals surface area contributed by atoms with Gasteiger partial charge >= 0.3 is 12.3 Å². The number of benzene rings is 1. The molecule has 1 saturated heterocycles. The van der Waals surface area contributed by atoms with Crippen LogP contribution >= 0.6 is 11.6 Å². The van der Waals surface area contributed by atoms with Crippen LogP contribution in [-0.2, 0) is 15.7 Å². The van der Waals surface area contributed by atoms with Gasteiger partial charge in [-0.2, -0.15) is 13.2 Å². The number of rotatable bonds is 4. The number of alkyl halides is 3. The molecule has 1 atom stereocenters. The average molecular weight is 460 g/mol. The molecular weight excluding hydrogens is 442 g/mol. The van der Waals surface area contributed by atoms with E-state index in [4.69, 9.17) is 16.3 Å². The largest absolute Gasteiger partial charge is 0.446 e. The molecule has 2 heterocycles. The van der Waals surface area contributed by atoms with Crippen LogP contribution in [0, 0.1) is 12.7 Å². The Hall–Kier alpha value is -2.88. The van der Waals surface area contributed by atoms with Crippen molar-refractivity contribution in [2.45, 2.75) is 39.0 Å². The molecule has 1 aromatic carbocycles. The van der Waals surface area contributed by atoms with Crippen LogP contribution in [-0.4, -0.2) is 35.7 Å². The van der Waals surface area contributed by atoms with Gasteiger partial charge in [-0.05, 0) is 51.1 Å². The number of amides is 2. The van der Waals surface area contributed by atoms with Gasteiger partial charge in [-0.3, -0.25) is 4.79 Å². The lowest BCUT2D eigenvalue weighted by Gasteiger charge is -2.31. The Labute approximate surface area is 180 Å². The summed E-state index contributed by atoms with van der Waals surface area (Å²) >= 11 is 5.83. The zero-order valence-electron chi connectivity index (χ0n) is 16.7. The summed E-state index contributed by atoms with van der Waals surface area (Å²) in [5, 5.41) is -0.207. The molecule has 11 heteroatoms. The van der Waals surface area contributed by atoms with Crippen molar-refractivity contribution in [3.63, 3.8) is 0 Å². The maximum Gasteiger partial charge on any atom is 0.416 e. The van der Waals surface area contributed by atoms with Crippen LogP contribution in [0.1, 0.15) is 25.1 Å². The van der Waals surface area contributed by atoms with E-state index >= 15 is 0 Å². The van der Waals surface area contributed by atoms with Crippen molar-refractivity contribution >= 4 is 35.1 Å². The minimum Gasteiger partial charge on any atom is -0.446 e. The topological polar surface area (TPSA) is 62.7 Å². The summed E-state index contributed by atoms with van der Waals surface area (Å²) in [5.41, 5.74) is -0.729. The van der Waals surface area contributed by atoms with E-state index in [-0.39, 0.29) is 28.8 Å². The van der Waals surface area contributed by atoms with Gasteiger partial charge in [0.25, 0.3) is 5.91 Å². The van der Waals surface area contributed by atoms with E-state index in [1.165, 1.54) is 24.0 Å². The second-order valence-electron chi connectivity index (χ2n) is 7.22. The first-order valence-corrected chi connectivity index (χ1v) is 9.58. The fraction of sp³-hybridized carbons (Fsp3) is 0.350. The maximum absolute atomic E-state index is 13.6. The Morgan fingerprint density at radius 1 is 1.29 bits per heavy atom. The van der Waals surface area contributed by atoms with Gasteiger partial charge in [0.05, 0.1) is 10.6 Å². The highest BCUT2D eigenvalue weighted by atomic mass is 35.5. The van der Waals surface area contributed by atoms with Crippen LogP contribution in [0.4, 0.5) is 33.9 Å². The first kappa shape index (κ1) is 22.8. The summed E-state index contributed by atoms with van der Waals surface area (Å²) in [4.78, 5) is 31.7. The molecule has 31 heavy (non-hydrogen) atoms. The number of carbonyl (C=O) groups excluding carboxylic acids is 2. The Morgan fingerprint density at radius 3 is 2.55 bits per heavy atom. The van der Waals surface area contributed by atoms with E-state index in [1.807, 2.05) is 0 Å². The molecule has 0 radical (unpaired) electrons. The van der Waals surface area contributed by atoms with E-state index in [0.717, 1.165) is 17.0 Å². The second-order valence-corrected chi connectivity index (χ2v) is 7.62. The Morgan fingerprint density at radius 2 is 1.97 bits per heavy atom. The smallest absolute Gasteiger partial charge is 0.416 e. The molecule has 1 unspecified atom stereocenters. The van der Waals surface area contributed by atoms with E-state index in [0.29, 0.717) is 6.07 Å². The number of aryl methyl sites for hydroxylation is 1. The molecule has 1 fully saturated rings. The second kappa shape index (κ2) is 8.33. The average Bonchev–Trinajstić information content (AvgIpc) is 3.04. The summed E-state index contributed by atoms with van der Waals surface area (Å²) in [7, 11) is 0. The fourth-order valence-corrected chi connectivity index (χ4v) is 3.44. The minimum absolute atomic E-state index is 0.0155. The van der Waals surface area contributed by atoms with E-state index < -0.39 is 41.6 Å². The molecule has 1 aliphatic rings. The maximum atomic E-state index is 13.6. The summed E-state index contributed by atoms with van der Waals surface area (Å²) < 4.78 is 58.2. The number of cyclic esters (lactones) is 1. The zero-order valence-corrected chi connectivity index (χ0v) is 17.5. The van der Waals surface area contributed by atoms with Crippen molar-refractivity contribution in [1.29, 1.82) is 0 Å². The van der Waals surface area contributed by atoms with Crippen LogP contribution in [0.5, 0.6) is 0 Å². The summed E-state index contributed by atoms with van der Waals surface area (Å²) in [6.07, 6.45) is -5.66. The number of halogens is 5. The van der Waals surface area contributed by atoms with Gasteiger partial charge in [0.1, 0.15) is 18.2 Å². The summed E-state index contributed by atoms with van der Waals surface area (Å²) in [5.74, 6) is -1.67. The molecule has 6 nitrogen and oxygen atoms in total. The highest BCUT2D eigenvalue weighted by molar-refractivity contribution is 6.31. The van der Waals surface area contributed by atoms with Gasteiger partial charge in [-0.1, -0.05) is 11.6 Å². The van der Waals surface area contributed by atoms with Crippen molar-refractivity contribution in [2.75, 3.05) is 16.4 Å². The Balaban J connectivity index is 2.02. The third-order valence-corrected chi connectivity index (χ3v) is 4.90. The van der Waals surface area contributed by atoms with Crippen LogP contribution in [0.25, 0.3) is 0 Å². The van der Waals surface area contributed by atoms with Gasteiger partial charge in [-0.15, -0.1) is 0 Å². The predicted octanol–water partition coefficient (Wildman–Crippen LogP) is 4.97. The Kier molecular flexibility index (Phi) is 6.13. The fourth-order valence-electron chi connectivity index (χ4n) is 3.27.